The number of rotatable bonds is 8. The Labute approximate surface area is 162 Å². The molecular formula is C20H44BrRu-4. The molecule has 0 heterocycles. The molecule has 2 heteroatoms. The summed E-state index contributed by atoms with van der Waals surface area (Å²) in [5.41, 5.74) is 0. The minimum atomic E-state index is 1.07. The predicted octanol–water partition coefficient (Wildman–Crippen LogP) is 8.89. The van der Waals surface area contributed by atoms with E-state index >= 15 is 0 Å². The molecule has 0 radical (unpaired) electrons. The van der Waals surface area contributed by atoms with E-state index in [1.54, 1.807) is 0 Å². The van der Waals surface area contributed by atoms with Crippen molar-refractivity contribution in [2.75, 3.05) is 0 Å². The van der Waals surface area contributed by atoms with Crippen molar-refractivity contribution in [2.45, 2.75) is 105 Å². The average molecular weight is 466 g/mol. The van der Waals surface area contributed by atoms with Gasteiger partial charge in [0.25, 0.3) is 0 Å². The molecule has 0 spiro atoms. The van der Waals surface area contributed by atoms with E-state index in [-0.39, 0.29) is 0 Å². The summed E-state index contributed by atoms with van der Waals surface area (Å²) in [6.07, 6.45) is 14.8. The Morgan fingerprint density at radius 3 is 0.955 bits per heavy atom. The van der Waals surface area contributed by atoms with Gasteiger partial charge in [-0.2, -0.15) is 25.7 Å². The molecule has 0 amide bonds. The van der Waals surface area contributed by atoms with Crippen LogP contribution in [0, 0.1) is 27.7 Å². The van der Waals surface area contributed by atoms with E-state index in [1.165, 1.54) is 51.4 Å². The van der Waals surface area contributed by atoms with Crippen LogP contribution in [0.4, 0.5) is 0 Å². The van der Waals surface area contributed by atoms with Gasteiger partial charge >= 0.3 is 30.0 Å². The molecule has 0 aromatic heterocycles. The largest absolute Gasteiger partial charge is 0.343 e. The molecule has 0 nitrogen and oxygen atoms in total. The fraction of sp³-hybridized carbons (Fsp3) is 0.800. The van der Waals surface area contributed by atoms with Crippen LogP contribution in [0.1, 0.15) is 105 Å². The molecule has 0 saturated carbocycles. The molecule has 22 heavy (non-hydrogen) atoms. The maximum Gasteiger partial charge on any atom is -0.0534 e. The number of unbranched alkanes of at least 4 members (excludes halogenated alkanes) is 8. The van der Waals surface area contributed by atoms with Crippen LogP contribution in [0.15, 0.2) is 0 Å². The van der Waals surface area contributed by atoms with Crippen LogP contribution in [0.2, 0.25) is 0 Å². The molecule has 0 aromatic carbocycles. The minimum absolute atomic E-state index is 1.07. The van der Waals surface area contributed by atoms with E-state index in [9.17, 15) is 0 Å². The number of hydrogen-bond donors (Lipinski definition) is 0. The molecule has 143 valence electrons. The molecule has 0 bridgehead atoms. The Kier molecular flexibility index (Phi) is 89.8. The molecule has 0 atom stereocenters. The van der Waals surface area contributed by atoms with Crippen molar-refractivity contribution in [2.24, 2.45) is 0 Å². The Bertz CT molecular complexity index is 76.2. The van der Waals surface area contributed by atoms with Gasteiger partial charge in [-0.1, -0.05) is 79.1 Å². The van der Waals surface area contributed by atoms with Crippen LogP contribution in [0.5, 0.6) is 0 Å². The number of hydrogen-bond acceptors (Lipinski definition) is 0. The van der Waals surface area contributed by atoms with Gasteiger partial charge in [0.15, 0.2) is 0 Å². The van der Waals surface area contributed by atoms with E-state index in [0.29, 0.717) is 0 Å². The molecule has 0 fully saturated rings. The maximum absolute atomic E-state index is 3.78. The molecule has 0 aliphatic rings. The third-order valence-electron chi connectivity index (χ3n) is 2.41. The second kappa shape index (κ2) is 57.3. The summed E-state index contributed by atoms with van der Waals surface area (Å²) in [5, 5.41) is 0. The molecule has 0 saturated heterocycles. The molecular weight excluding hydrogens is 421 g/mol. The van der Waals surface area contributed by atoms with Gasteiger partial charge in [0.2, 0.25) is 0 Å². The van der Waals surface area contributed by atoms with Gasteiger partial charge in [0.1, 0.15) is 0 Å². The van der Waals surface area contributed by atoms with Gasteiger partial charge in [-0.05, 0) is 0 Å². The summed E-state index contributed by atoms with van der Waals surface area (Å²) in [4.78, 5) is 0. The molecule has 0 aliphatic heterocycles. The van der Waals surface area contributed by atoms with Crippen LogP contribution in [-0.4, -0.2) is 0 Å². The first-order chi connectivity index (χ1) is 10.7. The van der Waals surface area contributed by atoms with Gasteiger partial charge in [-0.3, -0.25) is 0 Å². The summed E-state index contributed by atoms with van der Waals surface area (Å²) in [6, 6.07) is 0. The Hall–Kier alpha value is 1.10. The quantitative estimate of drug-likeness (QED) is 0.191. The van der Waals surface area contributed by atoms with Crippen molar-refractivity contribution in [3.63, 3.8) is 0 Å². The summed E-state index contributed by atoms with van der Waals surface area (Å²) >= 11 is 5.03. The third kappa shape index (κ3) is 103. The Morgan fingerprint density at radius 1 is 0.500 bits per heavy atom. The van der Waals surface area contributed by atoms with Crippen molar-refractivity contribution >= 4 is 13.6 Å². The first-order valence-electron chi connectivity index (χ1n) is 8.96. The topological polar surface area (TPSA) is 0 Å². The number of halogens is 1. The molecule has 0 aliphatic carbocycles. The van der Waals surface area contributed by atoms with Gasteiger partial charge in [0.05, 0.1) is 0 Å². The van der Waals surface area contributed by atoms with E-state index < -0.39 is 0 Å². The molecule has 0 unspecified atom stereocenters. The third-order valence-corrected chi connectivity index (χ3v) is 2.41. The van der Waals surface area contributed by atoms with Crippen molar-refractivity contribution in [1.82, 2.24) is 0 Å². The smallest absolute Gasteiger partial charge is 0.0534 e. The minimum Gasteiger partial charge on any atom is -0.343 e. The summed E-state index contributed by atoms with van der Waals surface area (Å²) in [7, 11) is 0. The summed E-state index contributed by atoms with van der Waals surface area (Å²) in [6.45, 7) is 23.2. The second-order valence-electron chi connectivity index (χ2n) is 4.83. The molecule has 0 rings (SSSR count). The van der Waals surface area contributed by atoms with Gasteiger partial charge in [-0.25, -0.2) is 0 Å². The van der Waals surface area contributed by atoms with Crippen molar-refractivity contribution in [3.8, 4) is 0 Å². The SMILES string of the molecule is [Br][Ru].[CH2-]CCC.[CH2-]CCC.[CH2-]CCC.[CH2-]CCCCCCC. The van der Waals surface area contributed by atoms with E-state index in [1.807, 2.05) is 0 Å². The van der Waals surface area contributed by atoms with Gasteiger partial charge in [-0.15, -0.1) is 0 Å². The molecule has 0 N–H and O–H groups in total. The van der Waals surface area contributed by atoms with Crippen molar-refractivity contribution in [3.05, 3.63) is 27.7 Å². The average Bonchev–Trinajstić information content (AvgIpc) is 2.61. The van der Waals surface area contributed by atoms with E-state index in [2.05, 4.69) is 85.4 Å². The first kappa shape index (κ1) is 34.4. The standard InChI is InChI=1S/C8H17.3C4H9.BrH.Ru/c1-3-5-7-8-6-4-2;3*1-3-4-2;;/h1,3-8H2,2H3;3*1,3-4H2,2H3;1H;/q4*-1;;+1/p-1. The van der Waals surface area contributed by atoms with Crippen LogP contribution >= 0.6 is 13.6 Å². The van der Waals surface area contributed by atoms with Crippen LogP contribution < -0.4 is 0 Å². The second-order valence-corrected chi connectivity index (χ2v) is 4.83. The Balaban J connectivity index is -0.0000000595. The van der Waals surface area contributed by atoms with Crippen LogP contribution in [-0.2, 0) is 16.3 Å². The zero-order valence-electron chi connectivity index (χ0n) is 16.0. The van der Waals surface area contributed by atoms with Gasteiger partial charge in [0, 0.05) is 0 Å². The predicted molar refractivity (Wildman–Crippen MR) is 108 cm³/mol. The van der Waals surface area contributed by atoms with Crippen molar-refractivity contribution < 1.29 is 16.3 Å². The van der Waals surface area contributed by atoms with E-state index in [0.717, 1.165) is 25.7 Å². The molecule has 0 aromatic rings. The van der Waals surface area contributed by atoms with E-state index in [4.69, 9.17) is 0 Å². The maximum atomic E-state index is 3.78. The van der Waals surface area contributed by atoms with Crippen LogP contribution in [0.3, 0.4) is 0 Å². The fourth-order valence-corrected chi connectivity index (χ4v) is 0.780. The fourth-order valence-electron chi connectivity index (χ4n) is 0.780. The Morgan fingerprint density at radius 2 is 0.773 bits per heavy atom. The normalized spacial score (nSPS) is 7.91. The summed E-state index contributed by atoms with van der Waals surface area (Å²) in [5.74, 6) is 0. The zero-order valence-corrected chi connectivity index (χ0v) is 19.4. The first-order valence-corrected chi connectivity index (χ1v) is 12.9. The van der Waals surface area contributed by atoms with Crippen LogP contribution in [0.25, 0.3) is 0 Å². The summed E-state index contributed by atoms with van der Waals surface area (Å²) < 4.78 is 0. The monoisotopic (exact) mass is 465 g/mol. The zero-order chi connectivity index (χ0) is 18.5. The van der Waals surface area contributed by atoms with Gasteiger partial charge < -0.3 is 27.7 Å². The van der Waals surface area contributed by atoms with Crippen molar-refractivity contribution in [1.29, 1.82) is 0 Å².